The van der Waals surface area contributed by atoms with Crippen LogP contribution in [0.1, 0.15) is 40.0 Å². The zero-order valence-corrected chi connectivity index (χ0v) is 12.6. The number of ether oxygens (including phenoxy) is 1. The van der Waals surface area contributed by atoms with E-state index in [0.717, 1.165) is 13.0 Å². The van der Waals surface area contributed by atoms with E-state index in [0.29, 0.717) is 38.1 Å². The third-order valence-corrected chi connectivity index (χ3v) is 4.22. The zero-order valence-electron chi connectivity index (χ0n) is 12.6. The molecule has 0 heterocycles. The topological polar surface area (TPSA) is 61.8 Å². The maximum absolute atomic E-state index is 11.6. The number of aliphatic carboxylic acids is 1. The summed E-state index contributed by atoms with van der Waals surface area (Å²) in [6.07, 6.45) is 2.32. The molecule has 2 N–H and O–H groups in total. The second kappa shape index (κ2) is 7.22. The number of carboxylic acids is 1. The van der Waals surface area contributed by atoms with Gasteiger partial charge in [0.05, 0.1) is 6.61 Å². The van der Waals surface area contributed by atoms with Crippen LogP contribution < -0.4 is 5.32 Å². The first-order valence-corrected chi connectivity index (χ1v) is 7.23. The highest BCUT2D eigenvalue weighted by molar-refractivity contribution is 5.79. The lowest BCUT2D eigenvalue weighted by molar-refractivity contribution is -0.144. The van der Waals surface area contributed by atoms with Gasteiger partial charge < -0.3 is 15.2 Å². The van der Waals surface area contributed by atoms with Gasteiger partial charge in [0.25, 0.3) is 0 Å². The van der Waals surface area contributed by atoms with Crippen LogP contribution >= 0.6 is 0 Å². The standard InChI is InChI=1S/C14H28N2O3/c1-5-15-14(13(17)18)8-7-12(9-14)16(6-2)11(3)10-19-4/h11-12,15H,5-10H2,1-4H3,(H,17,18). The summed E-state index contributed by atoms with van der Waals surface area (Å²) in [7, 11) is 1.71. The van der Waals surface area contributed by atoms with E-state index in [1.807, 2.05) is 6.92 Å². The molecule has 1 rings (SSSR count). The van der Waals surface area contributed by atoms with Gasteiger partial charge in [-0.3, -0.25) is 9.69 Å². The average molecular weight is 272 g/mol. The fourth-order valence-corrected chi connectivity index (χ4v) is 3.34. The first-order chi connectivity index (χ1) is 9.00. The fourth-order valence-electron chi connectivity index (χ4n) is 3.34. The van der Waals surface area contributed by atoms with E-state index in [1.54, 1.807) is 7.11 Å². The van der Waals surface area contributed by atoms with Crippen LogP contribution in [0.4, 0.5) is 0 Å². The van der Waals surface area contributed by atoms with Crippen molar-refractivity contribution in [3.05, 3.63) is 0 Å². The number of carbonyl (C=O) groups is 1. The lowest BCUT2D eigenvalue weighted by Gasteiger charge is -2.34. The van der Waals surface area contributed by atoms with Crippen LogP contribution in [0.15, 0.2) is 0 Å². The van der Waals surface area contributed by atoms with E-state index in [9.17, 15) is 9.90 Å². The van der Waals surface area contributed by atoms with Crippen molar-refractivity contribution in [3.8, 4) is 0 Å². The second-order valence-corrected chi connectivity index (χ2v) is 5.45. The quantitative estimate of drug-likeness (QED) is 0.698. The zero-order chi connectivity index (χ0) is 14.5. The molecular weight excluding hydrogens is 244 g/mol. The molecular formula is C14H28N2O3. The van der Waals surface area contributed by atoms with Crippen molar-refractivity contribution in [1.29, 1.82) is 0 Å². The van der Waals surface area contributed by atoms with Crippen molar-refractivity contribution in [2.24, 2.45) is 0 Å². The highest BCUT2D eigenvalue weighted by Gasteiger charge is 2.46. The summed E-state index contributed by atoms with van der Waals surface area (Å²) < 4.78 is 5.22. The van der Waals surface area contributed by atoms with E-state index in [-0.39, 0.29) is 0 Å². The fraction of sp³-hybridized carbons (Fsp3) is 0.929. The number of rotatable bonds is 8. The van der Waals surface area contributed by atoms with Gasteiger partial charge in [0.2, 0.25) is 0 Å². The number of nitrogens with zero attached hydrogens (tertiary/aromatic N) is 1. The summed E-state index contributed by atoms with van der Waals surface area (Å²) in [6.45, 7) is 8.53. The van der Waals surface area contributed by atoms with Crippen LogP contribution in [-0.2, 0) is 9.53 Å². The van der Waals surface area contributed by atoms with Crippen molar-refractivity contribution < 1.29 is 14.6 Å². The van der Waals surface area contributed by atoms with Gasteiger partial charge in [-0.2, -0.15) is 0 Å². The van der Waals surface area contributed by atoms with Gasteiger partial charge in [-0.15, -0.1) is 0 Å². The maximum Gasteiger partial charge on any atom is 0.323 e. The molecule has 0 aromatic rings. The van der Waals surface area contributed by atoms with Crippen LogP contribution in [0.5, 0.6) is 0 Å². The summed E-state index contributed by atoms with van der Waals surface area (Å²) in [4.78, 5) is 13.9. The number of hydrogen-bond acceptors (Lipinski definition) is 4. The molecule has 19 heavy (non-hydrogen) atoms. The van der Waals surface area contributed by atoms with Crippen LogP contribution in [0.25, 0.3) is 0 Å². The summed E-state index contributed by atoms with van der Waals surface area (Å²) in [6, 6.07) is 0.650. The number of methoxy groups -OCH3 is 1. The highest BCUT2D eigenvalue weighted by atomic mass is 16.5. The van der Waals surface area contributed by atoms with Gasteiger partial charge in [0, 0.05) is 19.2 Å². The first-order valence-electron chi connectivity index (χ1n) is 7.23. The lowest BCUT2D eigenvalue weighted by atomic mass is 9.97. The smallest absolute Gasteiger partial charge is 0.323 e. The van der Waals surface area contributed by atoms with E-state index < -0.39 is 11.5 Å². The van der Waals surface area contributed by atoms with Gasteiger partial charge in [0.1, 0.15) is 5.54 Å². The van der Waals surface area contributed by atoms with E-state index in [1.165, 1.54) is 0 Å². The molecule has 3 atom stereocenters. The molecule has 0 spiro atoms. The minimum absolute atomic E-state index is 0.324. The second-order valence-electron chi connectivity index (χ2n) is 5.45. The number of likely N-dealkylation sites (N-methyl/N-ethyl adjacent to an activating group) is 2. The number of nitrogens with one attached hydrogen (secondary N) is 1. The van der Waals surface area contributed by atoms with Gasteiger partial charge in [-0.05, 0) is 39.3 Å². The highest BCUT2D eigenvalue weighted by Crippen LogP contribution is 2.34. The molecule has 0 saturated heterocycles. The average Bonchev–Trinajstić information content (AvgIpc) is 2.76. The minimum atomic E-state index is -0.736. The van der Waals surface area contributed by atoms with Crippen LogP contribution in [0.3, 0.4) is 0 Å². The summed E-state index contributed by atoms with van der Waals surface area (Å²) in [5, 5.41) is 12.7. The Bertz CT molecular complexity index is 298. The predicted molar refractivity (Wildman–Crippen MR) is 75.4 cm³/mol. The molecule has 3 unspecified atom stereocenters. The van der Waals surface area contributed by atoms with Crippen LogP contribution in [-0.4, -0.2) is 60.4 Å². The van der Waals surface area contributed by atoms with Gasteiger partial charge in [-0.1, -0.05) is 13.8 Å². The first kappa shape index (κ1) is 16.4. The van der Waals surface area contributed by atoms with E-state index in [2.05, 4.69) is 24.1 Å². The Morgan fingerprint density at radius 2 is 2.26 bits per heavy atom. The van der Waals surface area contributed by atoms with Crippen LogP contribution in [0.2, 0.25) is 0 Å². The molecule has 0 aromatic carbocycles. The van der Waals surface area contributed by atoms with Gasteiger partial charge in [0.15, 0.2) is 0 Å². The predicted octanol–water partition coefficient (Wildman–Crippen LogP) is 1.33. The van der Waals surface area contributed by atoms with E-state index in [4.69, 9.17) is 4.74 Å². The van der Waals surface area contributed by atoms with Gasteiger partial charge >= 0.3 is 5.97 Å². The number of carboxylic acid groups (broad SMARTS) is 1. The normalized spacial score (nSPS) is 28.8. The van der Waals surface area contributed by atoms with Crippen molar-refractivity contribution in [2.75, 3.05) is 26.8 Å². The van der Waals surface area contributed by atoms with Crippen molar-refractivity contribution in [3.63, 3.8) is 0 Å². The Labute approximate surface area is 116 Å². The van der Waals surface area contributed by atoms with Crippen LogP contribution in [0, 0.1) is 0 Å². The lowest BCUT2D eigenvalue weighted by Crippen LogP contribution is -2.52. The monoisotopic (exact) mass is 272 g/mol. The molecule has 0 amide bonds. The van der Waals surface area contributed by atoms with Gasteiger partial charge in [-0.25, -0.2) is 0 Å². The van der Waals surface area contributed by atoms with Crippen molar-refractivity contribution in [1.82, 2.24) is 10.2 Å². The molecule has 0 aliphatic heterocycles. The minimum Gasteiger partial charge on any atom is -0.480 e. The Hall–Kier alpha value is -0.650. The Balaban J connectivity index is 2.73. The molecule has 1 saturated carbocycles. The number of hydrogen-bond donors (Lipinski definition) is 2. The summed E-state index contributed by atoms with van der Waals surface area (Å²) >= 11 is 0. The third kappa shape index (κ3) is 3.68. The SMILES string of the molecule is CCNC1(C(=O)O)CCC(N(CC)C(C)COC)C1. The Morgan fingerprint density at radius 1 is 1.58 bits per heavy atom. The molecule has 0 bridgehead atoms. The maximum atomic E-state index is 11.6. The molecule has 1 aliphatic rings. The largest absolute Gasteiger partial charge is 0.480 e. The molecule has 5 nitrogen and oxygen atoms in total. The molecule has 0 radical (unpaired) electrons. The summed E-state index contributed by atoms with van der Waals surface area (Å²) in [5.74, 6) is -0.715. The van der Waals surface area contributed by atoms with E-state index >= 15 is 0 Å². The van der Waals surface area contributed by atoms with Crippen molar-refractivity contribution in [2.45, 2.75) is 57.7 Å². The third-order valence-electron chi connectivity index (χ3n) is 4.22. The molecule has 1 aliphatic carbocycles. The van der Waals surface area contributed by atoms with Crippen molar-refractivity contribution >= 4 is 5.97 Å². The molecule has 0 aromatic heterocycles. The molecule has 5 heteroatoms. The summed E-state index contributed by atoms with van der Waals surface area (Å²) in [5.41, 5.74) is -0.736. The Morgan fingerprint density at radius 3 is 2.74 bits per heavy atom. The molecule has 1 fully saturated rings. The Kier molecular flexibility index (Phi) is 6.23. The molecule has 112 valence electrons.